The Kier molecular flexibility index (Phi) is 6.31. The van der Waals surface area contributed by atoms with Gasteiger partial charge in [0.2, 0.25) is 11.8 Å². The van der Waals surface area contributed by atoms with E-state index in [0.717, 1.165) is 16.3 Å². The number of β-amino-alcohol motifs (C(OH)–C–C–N with tert-alkyl or cyclic N) is 1. The molecule has 0 unspecified atom stereocenters. The maximum atomic E-state index is 13.8. The van der Waals surface area contributed by atoms with Gasteiger partial charge in [0.15, 0.2) is 0 Å². The van der Waals surface area contributed by atoms with Crippen molar-refractivity contribution in [2.45, 2.75) is 45.4 Å². The molecule has 34 heavy (non-hydrogen) atoms. The Bertz CT molecular complexity index is 1220. The number of aromatic nitrogens is 3. The van der Waals surface area contributed by atoms with Crippen molar-refractivity contribution in [1.82, 2.24) is 25.2 Å². The highest BCUT2D eigenvalue weighted by molar-refractivity contribution is 5.99. The number of nitrogens with one attached hydrogen (secondary N) is 1. The number of likely N-dealkylation sites (tertiary alicyclic amines) is 1. The molecular formula is C25H31N5O4. The van der Waals surface area contributed by atoms with Crippen LogP contribution in [0.3, 0.4) is 0 Å². The van der Waals surface area contributed by atoms with Gasteiger partial charge >= 0.3 is 0 Å². The molecule has 9 heteroatoms. The number of hydrogen-bond acceptors (Lipinski definition) is 6. The molecule has 0 radical (unpaired) electrons. The first kappa shape index (κ1) is 23.7. The van der Waals surface area contributed by atoms with Crippen LogP contribution in [0.4, 0.5) is 0 Å². The van der Waals surface area contributed by atoms with Gasteiger partial charge in [-0.1, -0.05) is 56.3 Å². The summed E-state index contributed by atoms with van der Waals surface area (Å²) in [5, 5.41) is 23.6. The molecule has 0 spiro atoms. The lowest BCUT2D eigenvalue weighted by atomic mass is 9.85. The lowest BCUT2D eigenvalue weighted by molar-refractivity contribution is -0.144. The number of aliphatic hydroxyl groups is 1. The SMILES string of the molecule is CNC(=O)[C@@H]1C[C@@H](O)CN1C(=O)[C@@H](n1cc(-c2c(OC)ccc3ccccc23)nn1)C(C)(C)C. The molecule has 1 fully saturated rings. The third kappa shape index (κ3) is 4.23. The predicted octanol–water partition coefficient (Wildman–Crippen LogP) is 2.40. The van der Waals surface area contributed by atoms with Crippen LogP contribution in [-0.2, 0) is 9.59 Å². The Morgan fingerprint density at radius 1 is 1.21 bits per heavy atom. The highest BCUT2D eigenvalue weighted by Gasteiger charge is 2.45. The van der Waals surface area contributed by atoms with Crippen LogP contribution in [0.1, 0.15) is 33.2 Å². The van der Waals surface area contributed by atoms with Crippen LogP contribution < -0.4 is 10.1 Å². The number of aliphatic hydroxyl groups excluding tert-OH is 1. The minimum Gasteiger partial charge on any atom is -0.496 e. The molecule has 1 aromatic heterocycles. The van der Waals surface area contributed by atoms with Gasteiger partial charge in [0.25, 0.3) is 0 Å². The number of benzene rings is 2. The van der Waals surface area contributed by atoms with Gasteiger partial charge < -0.3 is 20.1 Å². The summed E-state index contributed by atoms with van der Waals surface area (Å²) in [5.41, 5.74) is 0.845. The molecule has 2 amide bonds. The van der Waals surface area contributed by atoms with Gasteiger partial charge in [-0.15, -0.1) is 5.10 Å². The Hall–Kier alpha value is -3.46. The van der Waals surface area contributed by atoms with Gasteiger partial charge in [0.05, 0.1) is 25.0 Å². The summed E-state index contributed by atoms with van der Waals surface area (Å²) >= 11 is 0. The summed E-state index contributed by atoms with van der Waals surface area (Å²) in [5.74, 6) is 0.0862. The first-order valence-corrected chi connectivity index (χ1v) is 11.3. The molecular weight excluding hydrogens is 434 g/mol. The Balaban J connectivity index is 1.77. The van der Waals surface area contributed by atoms with Crippen LogP contribution in [-0.4, -0.2) is 69.7 Å². The van der Waals surface area contributed by atoms with E-state index in [1.807, 2.05) is 57.2 Å². The highest BCUT2D eigenvalue weighted by atomic mass is 16.5. The van der Waals surface area contributed by atoms with Crippen molar-refractivity contribution in [3.8, 4) is 17.0 Å². The monoisotopic (exact) mass is 465 g/mol. The largest absolute Gasteiger partial charge is 0.496 e. The smallest absolute Gasteiger partial charge is 0.248 e. The molecule has 0 saturated carbocycles. The zero-order chi connectivity index (χ0) is 24.6. The van der Waals surface area contributed by atoms with Crippen molar-refractivity contribution in [3.05, 3.63) is 42.6 Å². The second-order valence-electron chi connectivity index (χ2n) is 9.73. The lowest BCUT2D eigenvalue weighted by Gasteiger charge is -2.34. The third-order valence-electron chi connectivity index (χ3n) is 6.31. The van der Waals surface area contributed by atoms with Crippen LogP contribution in [0.2, 0.25) is 0 Å². The molecule has 1 aliphatic rings. The molecule has 0 aliphatic carbocycles. The van der Waals surface area contributed by atoms with E-state index in [9.17, 15) is 14.7 Å². The number of likely N-dealkylation sites (N-methyl/N-ethyl adjacent to an activating group) is 1. The summed E-state index contributed by atoms with van der Waals surface area (Å²) in [6.45, 7) is 5.92. The molecule has 1 saturated heterocycles. The lowest BCUT2D eigenvalue weighted by Crippen LogP contribution is -2.49. The van der Waals surface area contributed by atoms with E-state index < -0.39 is 23.6 Å². The highest BCUT2D eigenvalue weighted by Crippen LogP contribution is 2.38. The second kappa shape index (κ2) is 9.06. The second-order valence-corrected chi connectivity index (χ2v) is 9.73. The van der Waals surface area contributed by atoms with Crippen molar-refractivity contribution in [2.75, 3.05) is 20.7 Å². The van der Waals surface area contributed by atoms with Crippen molar-refractivity contribution in [2.24, 2.45) is 5.41 Å². The van der Waals surface area contributed by atoms with Gasteiger partial charge in [0.1, 0.15) is 23.5 Å². The maximum Gasteiger partial charge on any atom is 0.248 e. The molecule has 3 aromatic rings. The minimum atomic E-state index is -0.752. The van der Waals surface area contributed by atoms with Crippen LogP contribution >= 0.6 is 0 Å². The van der Waals surface area contributed by atoms with E-state index in [1.165, 1.54) is 11.9 Å². The van der Waals surface area contributed by atoms with Crippen LogP contribution in [0.15, 0.2) is 42.6 Å². The number of carbonyl (C=O) groups excluding carboxylic acids is 2. The van der Waals surface area contributed by atoms with Gasteiger partial charge in [-0.25, -0.2) is 4.68 Å². The molecule has 9 nitrogen and oxygen atoms in total. The van der Waals surface area contributed by atoms with Crippen molar-refractivity contribution < 1.29 is 19.4 Å². The number of amides is 2. The fourth-order valence-corrected chi connectivity index (χ4v) is 4.71. The number of rotatable bonds is 5. The minimum absolute atomic E-state index is 0.0994. The molecule has 0 bridgehead atoms. The van der Waals surface area contributed by atoms with E-state index in [4.69, 9.17) is 4.74 Å². The van der Waals surface area contributed by atoms with E-state index in [0.29, 0.717) is 11.4 Å². The average molecular weight is 466 g/mol. The van der Waals surface area contributed by atoms with Gasteiger partial charge in [-0.3, -0.25) is 9.59 Å². The van der Waals surface area contributed by atoms with Crippen LogP contribution in [0, 0.1) is 5.41 Å². The number of methoxy groups -OCH3 is 1. The molecule has 2 heterocycles. The van der Waals surface area contributed by atoms with Gasteiger partial charge in [0, 0.05) is 20.0 Å². The molecule has 180 valence electrons. The first-order chi connectivity index (χ1) is 16.2. The fourth-order valence-electron chi connectivity index (χ4n) is 4.71. The molecule has 2 aromatic carbocycles. The van der Waals surface area contributed by atoms with Crippen molar-refractivity contribution in [3.63, 3.8) is 0 Å². The molecule has 2 N–H and O–H groups in total. The number of fused-ring (bicyclic) bond motifs is 1. The summed E-state index contributed by atoms with van der Waals surface area (Å²) in [7, 11) is 3.13. The van der Waals surface area contributed by atoms with Crippen molar-refractivity contribution >= 4 is 22.6 Å². The molecule has 1 aliphatic heterocycles. The summed E-state index contributed by atoms with van der Waals surface area (Å²) in [4.78, 5) is 27.6. The number of hydrogen-bond donors (Lipinski definition) is 2. The van der Waals surface area contributed by atoms with E-state index in [-0.39, 0.29) is 24.8 Å². The number of ether oxygens (including phenoxy) is 1. The van der Waals surface area contributed by atoms with Gasteiger partial charge in [-0.05, 0) is 22.3 Å². The average Bonchev–Trinajstić information content (AvgIpc) is 3.43. The van der Waals surface area contributed by atoms with E-state index >= 15 is 0 Å². The Morgan fingerprint density at radius 2 is 1.94 bits per heavy atom. The van der Waals surface area contributed by atoms with E-state index in [2.05, 4.69) is 15.6 Å². The van der Waals surface area contributed by atoms with Gasteiger partial charge in [-0.2, -0.15) is 0 Å². The van der Waals surface area contributed by atoms with Crippen LogP contribution in [0.5, 0.6) is 5.75 Å². The Morgan fingerprint density at radius 3 is 2.62 bits per heavy atom. The molecule has 3 atom stereocenters. The maximum absolute atomic E-state index is 13.8. The Labute approximate surface area is 198 Å². The predicted molar refractivity (Wildman–Crippen MR) is 128 cm³/mol. The molecule has 4 rings (SSSR count). The first-order valence-electron chi connectivity index (χ1n) is 11.3. The van der Waals surface area contributed by atoms with Crippen molar-refractivity contribution in [1.29, 1.82) is 0 Å². The third-order valence-corrected chi connectivity index (χ3v) is 6.31. The summed E-state index contributed by atoms with van der Waals surface area (Å²) in [6, 6.07) is 10.4. The summed E-state index contributed by atoms with van der Waals surface area (Å²) in [6.07, 6.45) is 1.20. The number of carbonyl (C=O) groups is 2. The zero-order valence-electron chi connectivity index (χ0n) is 20.1. The van der Waals surface area contributed by atoms with Crippen LogP contribution in [0.25, 0.3) is 22.0 Å². The normalized spacial score (nSPS) is 19.3. The zero-order valence-corrected chi connectivity index (χ0v) is 20.1. The quantitative estimate of drug-likeness (QED) is 0.599. The van der Waals surface area contributed by atoms with E-state index in [1.54, 1.807) is 18.0 Å². The summed E-state index contributed by atoms with van der Waals surface area (Å²) < 4.78 is 7.17. The fraction of sp³-hybridized carbons (Fsp3) is 0.440. The number of nitrogens with zero attached hydrogens (tertiary/aromatic N) is 4. The standard InChI is InChI=1S/C25H31N5O4/c1-25(2,3)22(24(33)29-13-16(31)12-19(29)23(32)26-4)30-14-18(27-28-30)21-17-9-7-6-8-15(17)10-11-20(21)34-5/h6-11,14,16,19,22,31H,12-13H2,1-5H3,(H,26,32)/t16-,19+,22-/m1/s1. The topological polar surface area (TPSA) is 110 Å².